The Morgan fingerprint density at radius 3 is 1.89 bits per heavy atom. The molecule has 5 aliphatic heterocycles. The van der Waals surface area contributed by atoms with E-state index in [1.165, 1.54) is 25.2 Å². The van der Waals surface area contributed by atoms with Gasteiger partial charge in [-0.25, -0.2) is 9.59 Å². The van der Waals surface area contributed by atoms with Crippen molar-refractivity contribution < 1.29 is 88.4 Å². The Labute approximate surface area is 513 Å². The molecule has 30 heteroatoms. The van der Waals surface area contributed by atoms with Crippen LogP contribution in [0.5, 0.6) is 46.0 Å². The molecule has 0 fully saturated rings. The van der Waals surface area contributed by atoms with Crippen molar-refractivity contribution in [2.75, 3.05) is 18.9 Å². The van der Waals surface area contributed by atoms with E-state index in [2.05, 4.69) is 47.9 Å². The lowest BCUT2D eigenvalue weighted by molar-refractivity contribution is -0.143. The molecule has 0 unspecified atom stereocenters. The van der Waals surface area contributed by atoms with E-state index in [4.69, 9.17) is 38.4 Å². The number of aliphatic hydroxyl groups is 2. The molecule has 28 nitrogen and oxygen atoms in total. The largest absolute Gasteiger partial charge is 0.508 e. The van der Waals surface area contributed by atoms with E-state index in [1.807, 2.05) is 0 Å². The SMILES string of the molecule is CCNC(=O)Nc1cccc(C[C@@H](NC)C(=O)N[C@H]2C(=O)N[C@@H](CC(N)=O)C(=O)N[C@H]3C(=O)N[C@H]4C(=O)N[C@H](C(=O)N[C@H](C(=O)O)c5cc(O)cc(O)c5-c5cc4ccc5O)[C@H](O)c4ccc(c(Cl)c4)Oc4cc3cc(c4O)Oc3ccc(cc3Cl)[C@H]2O)c1. The number of rotatable bonds is 10. The lowest BCUT2D eigenvalue weighted by Gasteiger charge is -2.31. The van der Waals surface area contributed by atoms with Gasteiger partial charge in [-0.2, -0.15) is 0 Å². The number of phenols is 4. The Morgan fingerprint density at radius 2 is 1.27 bits per heavy atom. The van der Waals surface area contributed by atoms with E-state index in [0.717, 1.165) is 60.7 Å². The molecule has 9 amide bonds. The predicted octanol–water partition coefficient (Wildman–Crippen LogP) is 2.73. The molecule has 6 aromatic rings. The van der Waals surface area contributed by atoms with Gasteiger partial charge in [0.15, 0.2) is 17.5 Å². The smallest absolute Gasteiger partial charge is 0.330 e. The zero-order valence-electron chi connectivity index (χ0n) is 46.6. The molecule has 6 aromatic carbocycles. The van der Waals surface area contributed by atoms with Crippen molar-refractivity contribution in [1.29, 1.82) is 0 Å². The summed E-state index contributed by atoms with van der Waals surface area (Å²) in [4.78, 5) is 127. The van der Waals surface area contributed by atoms with Gasteiger partial charge in [0.1, 0.15) is 71.2 Å². The number of carbonyl (C=O) groups excluding carboxylic acids is 8. The fourth-order valence-corrected chi connectivity index (χ4v) is 10.6. The summed E-state index contributed by atoms with van der Waals surface area (Å²) < 4.78 is 12.3. The Kier molecular flexibility index (Phi) is 18.7. The third-order valence-electron chi connectivity index (χ3n) is 14.6. The van der Waals surface area contributed by atoms with E-state index in [1.54, 1.807) is 31.2 Å². The first-order valence-electron chi connectivity index (χ1n) is 27.0. The Morgan fingerprint density at radius 1 is 0.652 bits per heavy atom. The maximum atomic E-state index is 15.5. The summed E-state index contributed by atoms with van der Waals surface area (Å²) in [5.41, 5.74) is 4.11. The number of anilines is 1. The van der Waals surface area contributed by atoms with Gasteiger partial charge >= 0.3 is 12.0 Å². The highest BCUT2D eigenvalue weighted by Gasteiger charge is 2.42. The highest BCUT2D eigenvalue weighted by atomic mass is 35.5. The normalized spacial score (nSPS) is 21.1. The monoisotopic (exact) mass is 1260 g/mol. The number of benzene rings is 6. The Hall–Kier alpha value is -10.4. The van der Waals surface area contributed by atoms with Crippen LogP contribution in [0, 0.1) is 0 Å². The third kappa shape index (κ3) is 13.8. The second-order valence-electron chi connectivity index (χ2n) is 20.6. The fourth-order valence-electron chi connectivity index (χ4n) is 10.2. The van der Waals surface area contributed by atoms with E-state index in [-0.39, 0.29) is 50.2 Å². The van der Waals surface area contributed by atoms with Crippen molar-refractivity contribution in [3.63, 3.8) is 0 Å². The van der Waals surface area contributed by atoms with Crippen LogP contribution in [0.15, 0.2) is 103 Å². The van der Waals surface area contributed by atoms with Gasteiger partial charge in [-0.05, 0) is 115 Å². The van der Waals surface area contributed by atoms with Crippen LogP contribution in [0.2, 0.25) is 10.0 Å². The molecule has 9 atom stereocenters. The number of nitrogens with two attached hydrogens (primary N) is 1. The zero-order valence-corrected chi connectivity index (χ0v) is 48.1. The van der Waals surface area contributed by atoms with Crippen molar-refractivity contribution in [2.24, 2.45) is 5.73 Å². The molecule has 0 saturated carbocycles. The van der Waals surface area contributed by atoms with Crippen molar-refractivity contribution in [2.45, 2.75) is 74.3 Å². The number of phenolic OH excluding ortho intramolecular Hbond substituents is 4. The van der Waals surface area contributed by atoms with Crippen LogP contribution in [0.3, 0.4) is 0 Å². The van der Waals surface area contributed by atoms with Crippen molar-refractivity contribution in [1.82, 2.24) is 42.5 Å². The van der Waals surface area contributed by atoms with Crippen LogP contribution in [-0.4, -0.2) is 127 Å². The zero-order chi connectivity index (χ0) is 64.3. The second-order valence-corrected chi connectivity index (χ2v) is 21.5. The number of carbonyl (C=O) groups is 9. The first-order valence-corrected chi connectivity index (χ1v) is 27.8. The molecule has 464 valence electrons. The summed E-state index contributed by atoms with van der Waals surface area (Å²) in [6, 6.07) is 5.86. The molecular weight excluding hydrogens is 1210 g/mol. The average Bonchev–Trinajstić information content (AvgIpc) is 1.24. The number of amides is 9. The summed E-state index contributed by atoms with van der Waals surface area (Å²) in [5, 5.41) is 102. The number of fused-ring (bicyclic) bond motifs is 15. The summed E-state index contributed by atoms with van der Waals surface area (Å²) in [6.07, 6.45) is -5.26. The van der Waals surface area contributed by atoms with Gasteiger partial charge < -0.3 is 98.8 Å². The number of hydrogen-bond donors (Lipinski definition) is 17. The number of likely N-dealkylation sites (N-methyl/N-ethyl adjacent to an activating group) is 1. The lowest BCUT2D eigenvalue weighted by atomic mass is 9.89. The number of aliphatic hydroxyl groups excluding tert-OH is 2. The van der Waals surface area contributed by atoms with Gasteiger partial charge in [-0.1, -0.05) is 53.5 Å². The maximum absolute atomic E-state index is 15.5. The lowest BCUT2D eigenvalue weighted by Crippen LogP contribution is -2.59. The maximum Gasteiger partial charge on any atom is 0.330 e. The molecule has 11 bridgehead atoms. The van der Waals surface area contributed by atoms with E-state index in [0.29, 0.717) is 17.8 Å². The van der Waals surface area contributed by atoms with Crippen LogP contribution in [0.4, 0.5) is 10.5 Å². The number of ether oxygens (including phenoxy) is 2. The van der Waals surface area contributed by atoms with Crippen LogP contribution in [0.1, 0.15) is 77.1 Å². The Bertz CT molecular complexity index is 3890. The minimum absolute atomic E-state index is 0.0603. The van der Waals surface area contributed by atoms with Crippen LogP contribution in [-0.2, 0) is 44.8 Å². The number of halogens is 2. The molecule has 0 aromatic heterocycles. The van der Waals surface area contributed by atoms with E-state index >= 15 is 9.59 Å². The number of hydrogen-bond acceptors (Lipinski definition) is 18. The fraction of sp³-hybridized carbons (Fsp3) is 0.237. The molecule has 11 rings (SSSR count). The highest BCUT2D eigenvalue weighted by molar-refractivity contribution is 6.32. The van der Waals surface area contributed by atoms with E-state index in [9.17, 15) is 69.3 Å². The molecule has 5 aliphatic rings. The van der Waals surface area contributed by atoms with Crippen LogP contribution >= 0.6 is 23.2 Å². The number of aliphatic carboxylic acids is 1. The first-order chi connectivity index (χ1) is 42.3. The average molecular weight is 1260 g/mol. The highest BCUT2D eigenvalue weighted by Crippen LogP contribution is 2.48. The standard InChI is InChI=1S/C59H56Cl2N10O18/c1-3-64-59(87)65-28-6-4-5-23(13-28)14-34(63-2)52(79)70-47-49(76)25-8-11-38(32(60)16-25)88-40-18-27-19-41(51(40)78)89-39-12-9-26(17-33(39)61)50(77)48-57(84)69-46(58(85)86)31-20-29(72)21-37(74)43(31)30-15-24(7-10-36(30)73)44(54(81)71-48)68-55(82)45(27)67-53(80)35(22-42(62)75)66-56(47)83/h4-13,15-21,34-35,44-50,63,72-74,76-78H,3,14,22H2,1-2H3,(H2,62,75)(H,66,83)(H,67,80)(H,68,82)(H,69,84)(H,70,79)(H,71,81)(H,85,86)(H2,64,65,87)/t34-,35+,44-,45-,46+,47-,48+,49-,50-/m1/s1. The van der Waals surface area contributed by atoms with Crippen LogP contribution < -0.4 is 63.1 Å². The topological polar surface area (TPSA) is 448 Å². The number of primary amides is 1. The summed E-state index contributed by atoms with van der Waals surface area (Å²) in [6.45, 7) is 2.07. The quantitative estimate of drug-likeness (QED) is 0.0937. The summed E-state index contributed by atoms with van der Waals surface area (Å²) in [5.74, 6) is -15.4. The van der Waals surface area contributed by atoms with Crippen LogP contribution in [0.25, 0.3) is 11.1 Å². The van der Waals surface area contributed by atoms with Crippen molar-refractivity contribution in [3.8, 4) is 57.1 Å². The Balaban J connectivity index is 1.19. The molecule has 5 heterocycles. The number of urea groups is 1. The molecule has 89 heavy (non-hydrogen) atoms. The molecule has 18 N–H and O–H groups in total. The molecule has 0 radical (unpaired) electrons. The number of nitrogens with one attached hydrogen (secondary N) is 9. The van der Waals surface area contributed by atoms with E-state index < -0.39 is 165 Å². The predicted molar refractivity (Wildman–Crippen MR) is 314 cm³/mol. The van der Waals surface area contributed by atoms with Gasteiger partial charge in [0.2, 0.25) is 47.1 Å². The van der Waals surface area contributed by atoms with Gasteiger partial charge in [0.05, 0.1) is 22.5 Å². The van der Waals surface area contributed by atoms with Gasteiger partial charge in [-0.3, -0.25) is 33.6 Å². The summed E-state index contributed by atoms with van der Waals surface area (Å²) in [7, 11) is 1.44. The number of carboxylic acids is 1. The van der Waals surface area contributed by atoms with Gasteiger partial charge in [-0.15, -0.1) is 0 Å². The third-order valence-corrected chi connectivity index (χ3v) is 15.2. The molecule has 0 aliphatic carbocycles. The van der Waals surface area contributed by atoms with Gasteiger partial charge in [0.25, 0.3) is 0 Å². The number of aromatic hydroxyl groups is 4. The van der Waals surface area contributed by atoms with Crippen molar-refractivity contribution in [3.05, 3.63) is 147 Å². The molecule has 0 spiro atoms. The van der Waals surface area contributed by atoms with Crippen molar-refractivity contribution >= 4 is 82.2 Å². The minimum atomic E-state index is -2.21. The number of carboxylic acid groups (broad SMARTS) is 1. The van der Waals surface area contributed by atoms with Gasteiger partial charge in [0, 0.05) is 35.0 Å². The second kappa shape index (κ2) is 26.3. The first kappa shape index (κ1) is 63.1. The molecule has 0 saturated heterocycles. The summed E-state index contributed by atoms with van der Waals surface area (Å²) >= 11 is 13.6. The minimum Gasteiger partial charge on any atom is -0.508 e. The molecular formula is C59H56Cl2N10O18.